The molecule has 3 rings (SSSR count). The Labute approximate surface area is 124 Å². The summed E-state index contributed by atoms with van der Waals surface area (Å²) >= 11 is 0. The van der Waals surface area contributed by atoms with Crippen molar-refractivity contribution < 1.29 is 9.90 Å². The summed E-state index contributed by atoms with van der Waals surface area (Å²) < 4.78 is 2.21. The third-order valence-corrected chi connectivity index (χ3v) is 4.31. The van der Waals surface area contributed by atoms with E-state index in [1.54, 1.807) is 12.1 Å². The Morgan fingerprint density at radius 1 is 1.48 bits per heavy atom. The molecule has 1 heterocycles. The Kier molecular flexibility index (Phi) is 3.45. The number of carboxylic acids is 1. The van der Waals surface area contributed by atoms with E-state index in [0.29, 0.717) is 23.0 Å². The molecule has 0 saturated heterocycles. The third-order valence-electron chi connectivity index (χ3n) is 4.31. The molecular formula is C16H21N3O2. The number of carbonyl (C=O) groups is 1. The fourth-order valence-corrected chi connectivity index (χ4v) is 2.61. The van der Waals surface area contributed by atoms with Gasteiger partial charge in [-0.05, 0) is 46.0 Å². The van der Waals surface area contributed by atoms with Gasteiger partial charge in [0.15, 0.2) is 0 Å². The van der Waals surface area contributed by atoms with Gasteiger partial charge in [0, 0.05) is 18.5 Å². The molecule has 0 amide bonds. The molecule has 2 aromatic rings. The lowest BCUT2D eigenvalue weighted by Crippen LogP contribution is -2.29. The Morgan fingerprint density at radius 3 is 2.76 bits per heavy atom. The number of para-hydroxylation sites is 1. The number of aromatic nitrogens is 2. The number of fused-ring (bicyclic) bond motifs is 1. The Balaban J connectivity index is 2.14. The minimum Gasteiger partial charge on any atom is -0.478 e. The molecule has 21 heavy (non-hydrogen) atoms. The molecular weight excluding hydrogens is 266 g/mol. The van der Waals surface area contributed by atoms with Gasteiger partial charge < -0.3 is 14.6 Å². The lowest BCUT2D eigenvalue weighted by molar-refractivity contribution is 0.0699. The van der Waals surface area contributed by atoms with Crippen LogP contribution in [0.5, 0.6) is 0 Å². The van der Waals surface area contributed by atoms with Crippen LogP contribution in [0.2, 0.25) is 0 Å². The van der Waals surface area contributed by atoms with Crippen LogP contribution in [0.3, 0.4) is 0 Å². The highest BCUT2D eigenvalue weighted by Crippen LogP contribution is 2.41. The van der Waals surface area contributed by atoms with Gasteiger partial charge in [0.25, 0.3) is 0 Å². The second-order valence-electron chi connectivity index (χ2n) is 6.15. The molecule has 0 bridgehead atoms. The molecule has 1 atom stereocenters. The summed E-state index contributed by atoms with van der Waals surface area (Å²) in [6.45, 7) is 3.00. The first-order valence-electron chi connectivity index (χ1n) is 7.38. The van der Waals surface area contributed by atoms with Gasteiger partial charge in [0.2, 0.25) is 0 Å². The molecule has 1 saturated carbocycles. The van der Waals surface area contributed by atoms with E-state index in [1.165, 1.54) is 0 Å². The topological polar surface area (TPSA) is 58.4 Å². The van der Waals surface area contributed by atoms with Crippen molar-refractivity contribution in [3.05, 3.63) is 29.6 Å². The predicted octanol–water partition coefficient (Wildman–Crippen LogP) is 2.56. The van der Waals surface area contributed by atoms with Crippen molar-refractivity contribution in [3.63, 3.8) is 0 Å². The molecule has 1 aromatic carbocycles. The summed E-state index contributed by atoms with van der Waals surface area (Å²) in [4.78, 5) is 18.2. The van der Waals surface area contributed by atoms with Crippen molar-refractivity contribution in [2.75, 3.05) is 14.1 Å². The largest absolute Gasteiger partial charge is 0.478 e. The fraction of sp³-hybridized carbons (Fsp3) is 0.500. The molecule has 1 unspecified atom stereocenters. The molecule has 112 valence electrons. The van der Waals surface area contributed by atoms with E-state index in [9.17, 15) is 9.90 Å². The highest BCUT2D eigenvalue weighted by molar-refractivity contribution is 6.01. The average Bonchev–Trinajstić information content (AvgIpc) is 3.21. The molecule has 0 radical (unpaired) electrons. The summed E-state index contributed by atoms with van der Waals surface area (Å²) in [5, 5.41) is 9.35. The number of hydrogen-bond acceptors (Lipinski definition) is 3. The van der Waals surface area contributed by atoms with Crippen LogP contribution in [-0.4, -0.2) is 45.7 Å². The van der Waals surface area contributed by atoms with E-state index in [4.69, 9.17) is 0 Å². The number of nitrogens with zero attached hydrogens (tertiary/aromatic N) is 3. The van der Waals surface area contributed by atoms with E-state index in [-0.39, 0.29) is 0 Å². The summed E-state index contributed by atoms with van der Waals surface area (Å²) in [6, 6.07) is 5.78. The summed E-state index contributed by atoms with van der Waals surface area (Å²) in [5.74, 6) is 0.633. The lowest BCUT2D eigenvalue weighted by Gasteiger charge is -2.21. The van der Waals surface area contributed by atoms with Crippen molar-refractivity contribution in [1.82, 2.24) is 14.5 Å². The van der Waals surface area contributed by atoms with Gasteiger partial charge in [0.05, 0.1) is 11.1 Å². The SMILES string of the molecule is CC(Cn1c(C2CC2)nc2c(C(=O)O)cccc21)N(C)C. The highest BCUT2D eigenvalue weighted by atomic mass is 16.4. The first-order chi connectivity index (χ1) is 9.99. The third kappa shape index (κ3) is 2.53. The molecule has 0 spiro atoms. The maximum absolute atomic E-state index is 11.4. The molecule has 1 aromatic heterocycles. The van der Waals surface area contributed by atoms with Crippen LogP contribution in [0.15, 0.2) is 18.2 Å². The van der Waals surface area contributed by atoms with Crippen LogP contribution in [0.1, 0.15) is 41.9 Å². The number of likely N-dealkylation sites (N-methyl/N-ethyl adjacent to an activating group) is 1. The summed E-state index contributed by atoms with van der Waals surface area (Å²) in [5.41, 5.74) is 1.86. The second kappa shape index (κ2) is 5.15. The molecule has 5 heteroatoms. The van der Waals surface area contributed by atoms with Crippen LogP contribution in [0, 0.1) is 0 Å². The van der Waals surface area contributed by atoms with Crippen molar-refractivity contribution in [2.45, 2.75) is 38.3 Å². The zero-order valence-corrected chi connectivity index (χ0v) is 12.7. The minimum absolute atomic E-state index is 0.297. The quantitative estimate of drug-likeness (QED) is 0.918. The average molecular weight is 287 g/mol. The van der Waals surface area contributed by atoms with Crippen molar-refractivity contribution >= 4 is 17.0 Å². The Bertz CT molecular complexity index is 686. The normalized spacial score (nSPS) is 16.6. The Morgan fingerprint density at radius 2 is 2.19 bits per heavy atom. The number of aromatic carboxylic acids is 1. The fourth-order valence-electron chi connectivity index (χ4n) is 2.61. The number of carboxylic acid groups (broad SMARTS) is 1. The molecule has 1 fully saturated rings. The monoisotopic (exact) mass is 287 g/mol. The minimum atomic E-state index is -0.909. The van der Waals surface area contributed by atoms with Crippen LogP contribution < -0.4 is 0 Å². The van der Waals surface area contributed by atoms with E-state index in [1.807, 2.05) is 6.07 Å². The standard InChI is InChI=1S/C16H21N3O2/c1-10(18(2)3)9-19-13-6-4-5-12(16(20)21)14(13)17-15(19)11-7-8-11/h4-6,10-11H,7-9H2,1-3H3,(H,20,21). The molecule has 1 aliphatic carbocycles. The van der Waals surface area contributed by atoms with Gasteiger partial charge in [-0.25, -0.2) is 9.78 Å². The number of hydrogen-bond donors (Lipinski definition) is 1. The van der Waals surface area contributed by atoms with Crippen molar-refractivity contribution in [2.24, 2.45) is 0 Å². The molecule has 1 N–H and O–H groups in total. The summed E-state index contributed by atoms with van der Waals surface area (Å²) in [6.07, 6.45) is 2.31. The number of imidazole rings is 1. The maximum Gasteiger partial charge on any atom is 0.337 e. The van der Waals surface area contributed by atoms with Crippen LogP contribution >= 0.6 is 0 Å². The predicted molar refractivity (Wildman–Crippen MR) is 81.8 cm³/mol. The van der Waals surface area contributed by atoms with Gasteiger partial charge in [-0.2, -0.15) is 0 Å². The molecule has 0 aliphatic heterocycles. The van der Waals surface area contributed by atoms with Crippen molar-refractivity contribution in [3.8, 4) is 0 Å². The molecule has 1 aliphatic rings. The zero-order chi connectivity index (χ0) is 15.1. The maximum atomic E-state index is 11.4. The Hall–Kier alpha value is -1.88. The number of rotatable bonds is 5. The van der Waals surface area contributed by atoms with E-state index in [0.717, 1.165) is 30.7 Å². The summed E-state index contributed by atoms with van der Waals surface area (Å²) in [7, 11) is 4.12. The van der Waals surface area contributed by atoms with E-state index >= 15 is 0 Å². The first-order valence-corrected chi connectivity index (χ1v) is 7.38. The van der Waals surface area contributed by atoms with Gasteiger partial charge in [-0.3, -0.25) is 0 Å². The molecule has 5 nitrogen and oxygen atoms in total. The van der Waals surface area contributed by atoms with E-state index < -0.39 is 5.97 Å². The van der Waals surface area contributed by atoms with Crippen molar-refractivity contribution in [1.29, 1.82) is 0 Å². The van der Waals surface area contributed by atoms with Crippen LogP contribution in [-0.2, 0) is 6.54 Å². The van der Waals surface area contributed by atoms with Crippen LogP contribution in [0.4, 0.5) is 0 Å². The zero-order valence-electron chi connectivity index (χ0n) is 12.7. The van der Waals surface area contributed by atoms with Gasteiger partial charge in [0.1, 0.15) is 11.3 Å². The number of benzene rings is 1. The highest BCUT2D eigenvalue weighted by Gasteiger charge is 2.31. The first kappa shape index (κ1) is 14.1. The van der Waals surface area contributed by atoms with E-state index in [2.05, 4.69) is 35.5 Å². The van der Waals surface area contributed by atoms with Gasteiger partial charge >= 0.3 is 5.97 Å². The van der Waals surface area contributed by atoms with Crippen LogP contribution in [0.25, 0.3) is 11.0 Å². The van der Waals surface area contributed by atoms with Gasteiger partial charge in [-0.15, -0.1) is 0 Å². The lowest BCUT2D eigenvalue weighted by atomic mass is 10.2. The van der Waals surface area contributed by atoms with Gasteiger partial charge in [-0.1, -0.05) is 6.07 Å². The second-order valence-corrected chi connectivity index (χ2v) is 6.15. The smallest absolute Gasteiger partial charge is 0.337 e.